The summed E-state index contributed by atoms with van der Waals surface area (Å²) in [5, 5.41) is 5.63. The zero-order valence-corrected chi connectivity index (χ0v) is 18.1. The number of urea groups is 1. The van der Waals surface area contributed by atoms with Gasteiger partial charge in [-0.25, -0.2) is 9.78 Å². The van der Waals surface area contributed by atoms with E-state index in [9.17, 15) is 14.4 Å². The molecule has 1 aromatic heterocycles. The molecule has 2 aromatic rings. The molecular formula is C19H25ClN4O3S. The Morgan fingerprint density at radius 3 is 2.50 bits per heavy atom. The smallest absolute Gasteiger partial charge is 0.321 e. The Hall–Kier alpha value is -2.06. The normalized spacial score (nSPS) is 12.4. The number of thioether (sulfide) groups is 1. The van der Waals surface area contributed by atoms with Gasteiger partial charge < -0.3 is 5.32 Å². The fourth-order valence-electron chi connectivity index (χ4n) is 2.51. The van der Waals surface area contributed by atoms with E-state index in [-0.39, 0.29) is 17.5 Å². The molecule has 1 heterocycles. The van der Waals surface area contributed by atoms with E-state index < -0.39 is 17.2 Å². The Labute approximate surface area is 173 Å². The molecule has 2 rings (SSSR count). The van der Waals surface area contributed by atoms with Gasteiger partial charge in [-0.05, 0) is 44.9 Å². The minimum Gasteiger partial charge on any atom is -0.336 e. The van der Waals surface area contributed by atoms with Crippen LogP contribution in [0.5, 0.6) is 0 Å². The van der Waals surface area contributed by atoms with Gasteiger partial charge >= 0.3 is 6.03 Å². The molecule has 0 aliphatic heterocycles. The maximum Gasteiger partial charge on any atom is 0.321 e. The SMILES string of the molecule is CC(C)Cn1c(S[C@@H](C)C(=O)NC(=O)NC(C)C)nc2ccc(Cl)cc2c1=O. The average Bonchev–Trinajstić information content (AvgIpc) is 2.57. The van der Waals surface area contributed by atoms with Crippen LogP contribution in [0.25, 0.3) is 10.9 Å². The first-order valence-electron chi connectivity index (χ1n) is 9.06. The molecule has 28 heavy (non-hydrogen) atoms. The van der Waals surface area contributed by atoms with Crippen LogP contribution in [-0.2, 0) is 11.3 Å². The summed E-state index contributed by atoms with van der Waals surface area (Å²) in [7, 11) is 0. The van der Waals surface area contributed by atoms with Gasteiger partial charge in [-0.1, -0.05) is 37.2 Å². The molecule has 9 heteroatoms. The number of carbonyl (C=O) groups is 2. The van der Waals surface area contributed by atoms with Crippen molar-refractivity contribution in [3.63, 3.8) is 0 Å². The molecule has 0 fully saturated rings. The summed E-state index contributed by atoms with van der Waals surface area (Å²) in [4.78, 5) is 41.6. The number of aromatic nitrogens is 2. The van der Waals surface area contributed by atoms with Crippen molar-refractivity contribution >= 4 is 46.2 Å². The van der Waals surface area contributed by atoms with Crippen molar-refractivity contribution in [2.45, 2.75) is 57.6 Å². The van der Waals surface area contributed by atoms with Crippen molar-refractivity contribution < 1.29 is 9.59 Å². The summed E-state index contributed by atoms with van der Waals surface area (Å²) >= 11 is 7.17. The van der Waals surface area contributed by atoms with Crippen LogP contribution in [0, 0.1) is 5.92 Å². The molecular weight excluding hydrogens is 400 g/mol. The fourth-order valence-corrected chi connectivity index (χ4v) is 3.60. The predicted molar refractivity (Wildman–Crippen MR) is 113 cm³/mol. The second kappa shape index (κ2) is 9.43. The van der Waals surface area contributed by atoms with Crippen molar-refractivity contribution in [1.82, 2.24) is 20.2 Å². The van der Waals surface area contributed by atoms with Gasteiger partial charge in [-0.15, -0.1) is 0 Å². The lowest BCUT2D eigenvalue weighted by molar-refractivity contribution is -0.119. The quantitative estimate of drug-likeness (QED) is 0.547. The monoisotopic (exact) mass is 424 g/mol. The van der Waals surface area contributed by atoms with E-state index in [2.05, 4.69) is 15.6 Å². The van der Waals surface area contributed by atoms with Crippen molar-refractivity contribution in [3.8, 4) is 0 Å². The Balaban J connectivity index is 2.34. The fraction of sp³-hybridized carbons (Fsp3) is 0.474. The van der Waals surface area contributed by atoms with Gasteiger partial charge in [0.05, 0.1) is 16.2 Å². The summed E-state index contributed by atoms with van der Waals surface area (Å²) in [5.41, 5.74) is 0.316. The molecule has 1 aromatic carbocycles. The van der Waals surface area contributed by atoms with E-state index >= 15 is 0 Å². The van der Waals surface area contributed by atoms with Gasteiger partial charge in [0.2, 0.25) is 5.91 Å². The van der Waals surface area contributed by atoms with Crippen molar-refractivity contribution in [2.75, 3.05) is 0 Å². The van der Waals surface area contributed by atoms with Gasteiger partial charge in [-0.3, -0.25) is 19.5 Å². The van der Waals surface area contributed by atoms with E-state index in [0.717, 1.165) is 11.8 Å². The number of carbonyl (C=O) groups excluding carboxylic acids is 2. The van der Waals surface area contributed by atoms with Crippen LogP contribution in [0.1, 0.15) is 34.6 Å². The molecule has 0 saturated carbocycles. The Kier molecular flexibility index (Phi) is 7.48. The first kappa shape index (κ1) is 22.2. The summed E-state index contributed by atoms with van der Waals surface area (Å²) in [6.07, 6.45) is 0. The number of fused-ring (bicyclic) bond motifs is 1. The van der Waals surface area contributed by atoms with E-state index in [1.165, 1.54) is 0 Å². The van der Waals surface area contributed by atoms with Gasteiger partial charge in [0, 0.05) is 17.6 Å². The van der Waals surface area contributed by atoms with Crippen LogP contribution in [0.15, 0.2) is 28.2 Å². The standard InChI is InChI=1S/C19H25ClN4O3S/c1-10(2)9-24-17(26)14-8-13(20)6-7-15(14)22-19(24)28-12(5)16(25)23-18(27)21-11(3)4/h6-8,10-12H,9H2,1-5H3,(H2,21,23,25,27)/t12-/m0/s1. The summed E-state index contributed by atoms with van der Waals surface area (Å²) in [6.45, 7) is 9.72. The predicted octanol–water partition coefficient (Wildman–Crippen LogP) is 3.42. The molecule has 3 amide bonds. The second-order valence-corrected chi connectivity index (χ2v) is 8.99. The topological polar surface area (TPSA) is 93.1 Å². The molecule has 0 unspecified atom stereocenters. The summed E-state index contributed by atoms with van der Waals surface area (Å²) in [5.74, 6) is -0.249. The number of hydrogen-bond donors (Lipinski definition) is 2. The van der Waals surface area contributed by atoms with Crippen LogP contribution in [0.4, 0.5) is 4.79 Å². The third kappa shape index (κ3) is 5.72. The highest BCUT2D eigenvalue weighted by molar-refractivity contribution is 8.00. The zero-order chi connectivity index (χ0) is 21.0. The molecule has 152 valence electrons. The molecule has 0 radical (unpaired) electrons. The van der Waals surface area contributed by atoms with Crippen LogP contribution < -0.4 is 16.2 Å². The van der Waals surface area contributed by atoms with Crippen LogP contribution in [-0.4, -0.2) is 32.8 Å². The van der Waals surface area contributed by atoms with Crippen molar-refractivity contribution in [2.24, 2.45) is 5.92 Å². The number of amides is 3. The van der Waals surface area contributed by atoms with Gasteiger partial charge in [0.15, 0.2) is 5.16 Å². The maximum absolute atomic E-state index is 13.0. The average molecular weight is 425 g/mol. The van der Waals surface area contributed by atoms with E-state index in [4.69, 9.17) is 11.6 Å². The largest absolute Gasteiger partial charge is 0.336 e. The highest BCUT2D eigenvalue weighted by Crippen LogP contribution is 2.24. The Bertz CT molecular complexity index is 943. The lowest BCUT2D eigenvalue weighted by Crippen LogP contribution is -2.45. The van der Waals surface area contributed by atoms with Crippen molar-refractivity contribution in [3.05, 3.63) is 33.6 Å². The van der Waals surface area contributed by atoms with Gasteiger partial charge in [0.1, 0.15) is 0 Å². The van der Waals surface area contributed by atoms with E-state index in [1.54, 1.807) is 43.5 Å². The number of nitrogens with one attached hydrogen (secondary N) is 2. The number of benzene rings is 1. The number of imide groups is 1. The molecule has 1 atom stereocenters. The van der Waals surface area contributed by atoms with Gasteiger partial charge in [0.25, 0.3) is 5.56 Å². The van der Waals surface area contributed by atoms with Gasteiger partial charge in [-0.2, -0.15) is 0 Å². The number of nitrogens with zero attached hydrogens (tertiary/aromatic N) is 2. The summed E-state index contributed by atoms with van der Waals surface area (Å²) < 4.78 is 1.56. The highest BCUT2D eigenvalue weighted by atomic mass is 35.5. The third-order valence-electron chi connectivity index (χ3n) is 3.74. The lowest BCUT2D eigenvalue weighted by Gasteiger charge is -2.17. The first-order chi connectivity index (χ1) is 13.1. The molecule has 0 aliphatic rings. The van der Waals surface area contributed by atoms with Crippen LogP contribution in [0.2, 0.25) is 5.02 Å². The Morgan fingerprint density at radius 2 is 1.89 bits per heavy atom. The zero-order valence-electron chi connectivity index (χ0n) is 16.6. The van der Waals surface area contributed by atoms with E-state index in [0.29, 0.717) is 27.6 Å². The number of rotatable bonds is 6. The second-order valence-electron chi connectivity index (χ2n) is 7.24. The number of halogens is 1. The highest BCUT2D eigenvalue weighted by Gasteiger charge is 2.21. The Morgan fingerprint density at radius 1 is 1.21 bits per heavy atom. The number of hydrogen-bond acceptors (Lipinski definition) is 5. The van der Waals surface area contributed by atoms with E-state index in [1.807, 2.05) is 13.8 Å². The minimum atomic E-state index is -0.618. The maximum atomic E-state index is 13.0. The minimum absolute atomic E-state index is 0.0824. The third-order valence-corrected chi connectivity index (χ3v) is 5.06. The molecule has 0 saturated heterocycles. The molecule has 0 spiro atoms. The molecule has 2 N–H and O–H groups in total. The molecule has 0 bridgehead atoms. The first-order valence-corrected chi connectivity index (χ1v) is 10.3. The summed E-state index contributed by atoms with van der Waals surface area (Å²) in [6, 6.07) is 4.33. The molecule has 0 aliphatic carbocycles. The lowest BCUT2D eigenvalue weighted by atomic mass is 10.2. The van der Waals surface area contributed by atoms with Crippen molar-refractivity contribution in [1.29, 1.82) is 0 Å². The molecule has 7 nitrogen and oxygen atoms in total. The van der Waals surface area contributed by atoms with Crippen LogP contribution in [0.3, 0.4) is 0 Å². The van der Waals surface area contributed by atoms with Crippen LogP contribution >= 0.6 is 23.4 Å².